The van der Waals surface area contributed by atoms with Crippen LogP contribution in [0.2, 0.25) is 0 Å². The van der Waals surface area contributed by atoms with E-state index in [1.165, 1.54) is 11.1 Å². The van der Waals surface area contributed by atoms with Crippen molar-refractivity contribution in [2.24, 2.45) is 4.99 Å². The van der Waals surface area contributed by atoms with Crippen molar-refractivity contribution in [1.82, 2.24) is 0 Å². The smallest absolute Gasteiger partial charge is 0.0270 e. The van der Waals surface area contributed by atoms with Gasteiger partial charge in [-0.25, -0.2) is 0 Å². The van der Waals surface area contributed by atoms with E-state index in [1.54, 1.807) is 0 Å². The third-order valence-corrected chi connectivity index (χ3v) is 1.81. The number of fused-ring (bicyclic) bond motifs is 1. The molecule has 0 unspecified atom stereocenters. The van der Waals surface area contributed by atoms with Crippen molar-refractivity contribution in [3.8, 4) is 0 Å². The summed E-state index contributed by atoms with van der Waals surface area (Å²) >= 11 is 0. The average molecular weight is 271 g/mol. The van der Waals surface area contributed by atoms with Gasteiger partial charge in [0.1, 0.15) is 0 Å². The average Bonchev–Trinajstić information content (AvgIpc) is 2.28. The van der Waals surface area contributed by atoms with Gasteiger partial charge in [0.15, 0.2) is 0 Å². The number of hydrogen-bond acceptors (Lipinski definition) is 1. The lowest BCUT2D eigenvalue weighted by atomic mass is 10.1. The molecule has 0 aromatic heterocycles. The van der Waals surface area contributed by atoms with Crippen LogP contribution in [0.3, 0.4) is 0 Å². The monoisotopic (exact) mass is 271 g/mol. The molecule has 0 bridgehead atoms. The van der Waals surface area contributed by atoms with Crippen molar-refractivity contribution in [3.63, 3.8) is 0 Å². The molecule has 12 heavy (non-hydrogen) atoms. The summed E-state index contributed by atoms with van der Waals surface area (Å²) in [6, 6.07) is 8.36. The van der Waals surface area contributed by atoms with E-state index < -0.39 is 0 Å². The summed E-state index contributed by atoms with van der Waals surface area (Å²) in [5.74, 6) is 0. The highest BCUT2D eigenvalue weighted by Gasteiger charge is 1.97. The molecule has 0 fully saturated rings. The van der Waals surface area contributed by atoms with Crippen molar-refractivity contribution >= 4 is 36.3 Å². The zero-order chi connectivity index (χ0) is 7.52. The van der Waals surface area contributed by atoms with Gasteiger partial charge >= 0.3 is 0 Å². The third kappa shape index (κ3) is 1.94. The van der Waals surface area contributed by atoms with E-state index in [2.05, 4.69) is 29.3 Å². The Kier molecular flexibility index (Phi) is 3.47. The number of aliphatic imine (C=N–C) groups is 1. The van der Waals surface area contributed by atoms with Gasteiger partial charge in [-0.2, -0.15) is 0 Å². The minimum atomic E-state index is 0. The van der Waals surface area contributed by atoms with Crippen LogP contribution >= 0.6 is 24.0 Å². The fourth-order valence-electron chi connectivity index (χ4n) is 1.22. The molecule has 1 aliphatic heterocycles. The van der Waals surface area contributed by atoms with Crippen molar-refractivity contribution < 1.29 is 0 Å². The van der Waals surface area contributed by atoms with E-state index in [9.17, 15) is 0 Å². The quantitative estimate of drug-likeness (QED) is 0.643. The highest BCUT2D eigenvalue weighted by atomic mass is 127. The molecule has 1 nitrogen and oxygen atoms in total. The van der Waals surface area contributed by atoms with E-state index in [4.69, 9.17) is 0 Å². The van der Waals surface area contributed by atoms with Crippen molar-refractivity contribution in [1.29, 1.82) is 0 Å². The van der Waals surface area contributed by atoms with Gasteiger partial charge in [0.2, 0.25) is 0 Å². The highest BCUT2D eigenvalue weighted by Crippen LogP contribution is 2.12. The second-order valence-corrected chi connectivity index (χ2v) is 2.55. The van der Waals surface area contributed by atoms with Crippen molar-refractivity contribution in [2.75, 3.05) is 0 Å². The molecule has 1 aromatic rings. The standard InChI is InChI=1S/C10H9N.HI/c1-2-4-10-6-8-11-7-5-9(10)3-1;/h1-5,7-8H,6H2;1H. The first kappa shape index (κ1) is 9.45. The number of nitrogens with zero attached hydrogens (tertiary/aromatic N) is 1. The van der Waals surface area contributed by atoms with Crippen LogP contribution < -0.4 is 0 Å². The Morgan fingerprint density at radius 2 is 2.00 bits per heavy atom. The van der Waals surface area contributed by atoms with Crippen LogP contribution in [0.1, 0.15) is 11.1 Å². The Balaban J connectivity index is 0.000000720. The summed E-state index contributed by atoms with van der Waals surface area (Å²) in [6.07, 6.45) is 6.76. The van der Waals surface area contributed by atoms with Crippen LogP contribution in [0.25, 0.3) is 6.08 Å². The molecule has 0 amide bonds. The molecule has 1 aromatic carbocycles. The van der Waals surface area contributed by atoms with Gasteiger partial charge in [-0.05, 0) is 17.2 Å². The molecule has 2 rings (SSSR count). The predicted molar refractivity (Wildman–Crippen MR) is 63.1 cm³/mol. The van der Waals surface area contributed by atoms with Gasteiger partial charge in [0.25, 0.3) is 0 Å². The fourth-order valence-corrected chi connectivity index (χ4v) is 1.22. The molecule has 0 spiro atoms. The lowest BCUT2D eigenvalue weighted by molar-refractivity contribution is 1.35. The Morgan fingerprint density at radius 3 is 2.92 bits per heavy atom. The van der Waals surface area contributed by atoms with Crippen LogP contribution in [-0.4, -0.2) is 6.21 Å². The van der Waals surface area contributed by atoms with E-state index >= 15 is 0 Å². The number of benzene rings is 1. The number of hydrogen-bond donors (Lipinski definition) is 0. The molecule has 0 saturated carbocycles. The molecule has 0 N–H and O–H groups in total. The fraction of sp³-hybridized carbons (Fsp3) is 0.100. The molecule has 1 heterocycles. The summed E-state index contributed by atoms with van der Waals surface area (Å²) in [5.41, 5.74) is 2.63. The van der Waals surface area contributed by atoms with E-state index in [-0.39, 0.29) is 24.0 Å². The number of rotatable bonds is 0. The van der Waals surface area contributed by atoms with Gasteiger partial charge in [-0.15, -0.1) is 24.0 Å². The maximum atomic E-state index is 4.08. The second kappa shape index (κ2) is 4.40. The molecule has 62 valence electrons. The molecule has 0 aliphatic carbocycles. The van der Waals surface area contributed by atoms with Gasteiger partial charge in [-0.3, -0.25) is 4.99 Å². The van der Waals surface area contributed by atoms with Gasteiger partial charge in [0, 0.05) is 18.8 Å². The molecule has 0 saturated heterocycles. The summed E-state index contributed by atoms with van der Waals surface area (Å²) in [7, 11) is 0. The molecule has 0 radical (unpaired) electrons. The maximum Gasteiger partial charge on any atom is 0.0270 e. The van der Waals surface area contributed by atoms with E-state index in [1.807, 2.05) is 18.5 Å². The van der Waals surface area contributed by atoms with Crippen LogP contribution in [-0.2, 0) is 6.42 Å². The van der Waals surface area contributed by atoms with Crippen LogP contribution in [0.5, 0.6) is 0 Å². The highest BCUT2D eigenvalue weighted by molar-refractivity contribution is 14.0. The lowest BCUT2D eigenvalue weighted by Crippen LogP contribution is -1.87. The van der Waals surface area contributed by atoms with Crippen molar-refractivity contribution in [2.45, 2.75) is 6.42 Å². The Bertz CT molecular complexity index is 315. The largest absolute Gasteiger partial charge is 0.269 e. The van der Waals surface area contributed by atoms with Gasteiger partial charge in [-0.1, -0.05) is 24.3 Å². The minimum absolute atomic E-state index is 0. The number of halogens is 1. The summed E-state index contributed by atoms with van der Waals surface area (Å²) in [5, 5.41) is 0. The van der Waals surface area contributed by atoms with Gasteiger partial charge in [0.05, 0.1) is 0 Å². The topological polar surface area (TPSA) is 12.4 Å². The Morgan fingerprint density at radius 1 is 1.17 bits per heavy atom. The predicted octanol–water partition coefficient (Wildman–Crippen LogP) is 2.90. The molecule has 0 atom stereocenters. The molecular formula is C10H10IN. The SMILES string of the molecule is C1=Cc2ccccc2CC=N1.I. The summed E-state index contributed by atoms with van der Waals surface area (Å²) < 4.78 is 0. The summed E-state index contributed by atoms with van der Waals surface area (Å²) in [4.78, 5) is 4.08. The van der Waals surface area contributed by atoms with E-state index in [0.29, 0.717) is 0 Å². The van der Waals surface area contributed by atoms with Crippen molar-refractivity contribution in [3.05, 3.63) is 41.6 Å². The zero-order valence-electron chi connectivity index (χ0n) is 6.60. The maximum absolute atomic E-state index is 4.08. The van der Waals surface area contributed by atoms with Gasteiger partial charge < -0.3 is 0 Å². The van der Waals surface area contributed by atoms with Crippen LogP contribution in [0.15, 0.2) is 35.5 Å². The second-order valence-electron chi connectivity index (χ2n) is 2.55. The molecular weight excluding hydrogens is 261 g/mol. The van der Waals surface area contributed by atoms with E-state index in [0.717, 1.165) is 6.42 Å². The first-order chi connectivity index (χ1) is 5.47. The summed E-state index contributed by atoms with van der Waals surface area (Å²) in [6.45, 7) is 0. The molecule has 2 heteroatoms. The zero-order valence-corrected chi connectivity index (χ0v) is 8.93. The minimum Gasteiger partial charge on any atom is -0.269 e. The Labute approximate surface area is 89.2 Å². The lowest BCUT2D eigenvalue weighted by Gasteiger charge is -1.98. The first-order valence-corrected chi connectivity index (χ1v) is 3.73. The Hall–Kier alpha value is -0.640. The normalized spacial score (nSPS) is 13.0. The van der Waals surface area contributed by atoms with Crippen LogP contribution in [0, 0.1) is 0 Å². The van der Waals surface area contributed by atoms with Crippen LogP contribution in [0.4, 0.5) is 0 Å². The third-order valence-electron chi connectivity index (χ3n) is 1.81. The molecule has 1 aliphatic rings. The first-order valence-electron chi connectivity index (χ1n) is 3.73.